The van der Waals surface area contributed by atoms with E-state index in [4.69, 9.17) is 10.7 Å². The van der Waals surface area contributed by atoms with E-state index in [0.717, 1.165) is 0 Å². The second-order valence-electron chi connectivity index (χ2n) is 4.14. The first-order chi connectivity index (χ1) is 8.12. The van der Waals surface area contributed by atoms with Crippen LogP contribution in [0.3, 0.4) is 0 Å². The average molecular weight is 355 g/mol. The molecule has 7 heteroatoms. The van der Waals surface area contributed by atoms with E-state index in [0.29, 0.717) is 10.0 Å². The van der Waals surface area contributed by atoms with Crippen molar-refractivity contribution in [2.75, 3.05) is 0 Å². The molecule has 1 aromatic carbocycles. The maximum Gasteiger partial charge on any atom is 0.261 e. The van der Waals surface area contributed by atoms with Crippen LogP contribution >= 0.6 is 26.6 Å². The molecule has 0 bridgehead atoms. The molecule has 1 N–H and O–H groups in total. The molecule has 1 amide bonds. The maximum atomic E-state index is 11.9. The van der Waals surface area contributed by atoms with Crippen LogP contribution in [-0.4, -0.2) is 20.4 Å². The second kappa shape index (κ2) is 5.59. The molecule has 0 fully saturated rings. The van der Waals surface area contributed by atoms with Gasteiger partial charge in [0.2, 0.25) is 0 Å². The molecule has 0 aliphatic carbocycles. The van der Waals surface area contributed by atoms with Crippen LogP contribution in [0.15, 0.2) is 21.5 Å². The molecule has 0 aliphatic heterocycles. The number of carbonyl (C=O) groups is 1. The topological polar surface area (TPSA) is 63.2 Å². The van der Waals surface area contributed by atoms with Crippen molar-refractivity contribution in [1.82, 2.24) is 5.32 Å². The fraction of sp³-hybridized carbons (Fsp3) is 0.364. The Morgan fingerprint density at radius 2 is 1.94 bits per heavy atom. The van der Waals surface area contributed by atoms with Crippen LogP contribution in [0.4, 0.5) is 0 Å². The van der Waals surface area contributed by atoms with Crippen molar-refractivity contribution in [2.24, 2.45) is 0 Å². The van der Waals surface area contributed by atoms with E-state index >= 15 is 0 Å². The van der Waals surface area contributed by atoms with E-state index in [1.807, 2.05) is 13.8 Å². The van der Waals surface area contributed by atoms with Crippen LogP contribution < -0.4 is 5.32 Å². The van der Waals surface area contributed by atoms with Crippen LogP contribution in [0, 0.1) is 6.92 Å². The van der Waals surface area contributed by atoms with Crippen molar-refractivity contribution < 1.29 is 13.2 Å². The predicted octanol–water partition coefficient (Wildman–Crippen LogP) is 2.82. The smallest absolute Gasteiger partial charge is 0.261 e. The van der Waals surface area contributed by atoms with Gasteiger partial charge in [0.25, 0.3) is 15.0 Å². The Labute approximate surface area is 119 Å². The summed E-state index contributed by atoms with van der Waals surface area (Å²) in [6.45, 7) is 5.20. The number of hydrogen-bond acceptors (Lipinski definition) is 3. The van der Waals surface area contributed by atoms with E-state index in [9.17, 15) is 13.2 Å². The minimum atomic E-state index is -3.88. The molecule has 1 aromatic rings. The second-order valence-corrected chi connectivity index (χ2v) is 7.59. The molecule has 0 aromatic heterocycles. The van der Waals surface area contributed by atoms with Crippen LogP contribution in [-0.2, 0) is 9.05 Å². The van der Waals surface area contributed by atoms with E-state index in [1.165, 1.54) is 6.07 Å². The number of hydrogen-bond donors (Lipinski definition) is 1. The molecule has 0 atom stereocenters. The van der Waals surface area contributed by atoms with E-state index in [-0.39, 0.29) is 22.4 Å². The lowest BCUT2D eigenvalue weighted by Gasteiger charge is -2.12. The van der Waals surface area contributed by atoms with Gasteiger partial charge in [0, 0.05) is 26.8 Å². The van der Waals surface area contributed by atoms with Gasteiger partial charge in [-0.05, 0) is 38.5 Å². The highest BCUT2D eigenvalue weighted by atomic mass is 79.9. The summed E-state index contributed by atoms with van der Waals surface area (Å²) in [4.78, 5) is 11.9. The lowest BCUT2D eigenvalue weighted by Crippen LogP contribution is -2.30. The van der Waals surface area contributed by atoms with Gasteiger partial charge in [-0.3, -0.25) is 4.79 Å². The summed E-state index contributed by atoms with van der Waals surface area (Å²) < 4.78 is 23.3. The number of rotatable bonds is 3. The lowest BCUT2D eigenvalue weighted by molar-refractivity contribution is 0.0942. The van der Waals surface area contributed by atoms with Crippen molar-refractivity contribution >= 4 is 41.6 Å². The summed E-state index contributed by atoms with van der Waals surface area (Å²) >= 11 is 3.17. The Morgan fingerprint density at radius 3 is 2.39 bits per heavy atom. The Balaban J connectivity index is 3.39. The molecule has 0 spiro atoms. The molecule has 0 radical (unpaired) electrons. The highest BCUT2D eigenvalue weighted by molar-refractivity contribution is 9.10. The molecular weight excluding hydrogens is 342 g/mol. The summed E-state index contributed by atoms with van der Waals surface area (Å²) in [6, 6.07) is 2.91. The minimum absolute atomic E-state index is 0.0352. The quantitative estimate of drug-likeness (QED) is 0.849. The van der Waals surface area contributed by atoms with E-state index in [2.05, 4.69) is 21.2 Å². The molecular formula is C11H13BrClNO3S. The van der Waals surface area contributed by atoms with Gasteiger partial charge >= 0.3 is 0 Å². The monoisotopic (exact) mass is 353 g/mol. The molecule has 0 saturated heterocycles. The molecule has 0 aliphatic rings. The fourth-order valence-corrected chi connectivity index (χ4v) is 3.32. The van der Waals surface area contributed by atoms with E-state index in [1.54, 1.807) is 13.0 Å². The standard InChI is InChI=1S/C11H13BrClNO3S/c1-6(2)14-11(15)9-4-8(12)5-10(7(9)3)18(13,16)17/h4-6H,1-3H3,(H,14,15). The van der Waals surface area contributed by atoms with Crippen LogP contribution in [0.25, 0.3) is 0 Å². The molecule has 1 rings (SSSR count). The number of benzene rings is 1. The Kier molecular flexibility index (Phi) is 4.80. The first-order valence-corrected chi connectivity index (χ1v) is 8.29. The largest absolute Gasteiger partial charge is 0.350 e. The number of carbonyl (C=O) groups excluding carboxylic acids is 1. The van der Waals surface area contributed by atoms with Gasteiger partial charge in [-0.1, -0.05) is 15.9 Å². The summed E-state index contributed by atoms with van der Waals surface area (Å²) in [5.74, 6) is -0.328. The molecule has 100 valence electrons. The average Bonchev–Trinajstić information content (AvgIpc) is 2.18. The van der Waals surface area contributed by atoms with Crippen LogP contribution in [0.2, 0.25) is 0 Å². The van der Waals surface area contributed by atoms with Crippen molar-refractivity contribution in [3.8, 4) is 0 Å². The third-order valence-corrected chi connectivity index (χ3v) is 4.16. The van der Waals surface area contributed by atoms with Crippen molar-refractivity contribution in [3.63, 3.8) is 0 Å². The summed E-state index contributed by atoms with van der Waals surface area (Å²) in [6.07, 6.45) is 0. The Bertz CT molecular complexity index is 584. The summed E-state index contributed by atoms with van der Waals surface area (Å²) in [5, 5.41) is 2.71. The molecule has 0 heterocycles. The van der Waals surface area contributed by atoms with Gasteiger partial charge < -0.3 is 5.32 Å². The number of halogens is 2. The molecule has 0 saturated carbocycles. The Hall–Kier alpha value is -0.590. The van der Waals surface area contributed by atoms with Crippen molar-refractivity contribution in [1.29, 1.82) is 0 Å². The van der Waals surface area contributed by atoms with Gasteiger partial charge in [0.1, 0.15) is 0 Å². The Morgan fingerprint density at radius 1 is 1.39 bits per heavy atom. The van der Waals surface area contributed by atoms with E-state index < -0.39 is 9.05 Å². The van der Waals surface area contributed by atoms with Crippen molar-refractivity contribution in [3.05, 3.63) is 27.7 Å². The summed E-state index contributed by atoms with van der Waals surface area (Å²) in [7, 11) is 1.46. The zero-order valence-electron chi connectivity index (χ0n) is 10.1. The number of nitrogens with one attached hydrogen (secondary N) is 1. The number of amides is 1. The van der Waals surface area contributed by atoms with Crippen LogP contribution in [0.1, 0.15) is 29.8 Å². The SMILES string of the molecule is Cc1c(C(=O)NC(C)C)cc(Br)cc1S(=O)(=O)Cl. The highest BCUT2D eigenvalue weighted by Gasteiger charge is 2.20. The third kappa shape index (κ3) is 3.70. The van der Waals surface area contributed by atoms with Crippen molar-refractivity contribution in [2.45, 2.75) is 31.7 Å². The van der Waals surface area contributed by atoms with Crippen LogP contribution in [0.5, 0.6) is 0 Å². The van der Waals surface area contributed by atoms with Gasteiger partial charge in [0.05, 0.1) is 4.90 Å². The summed E-state index contributed by atoms with van der Waals surface area (Å²) in [5.41, 5.74) is 0.628. The third-order valence-electron chi connectivity index (χ3n) is 2.25. The maximum absolute atomic E-state index is 11.9. The normalized spacial score (nSPS) is 11.7. The van der Waals surface area contributed by atoms with Gasteiger partial charge in [-0.25, -0.2) is 8.42 Å². The van der Waals surface area contributed by atoms with Gasteiger partial charge in [-0.2, -0.15) is 0 Å². The first-order valence-electron chi connectivity index (χ1n) is 5.18. The van der Waals surface area contributed by atoms with Gasteiger partial charge in [0.15, 0.2) is 0 Å². The fourth-order valence-electron chi connectivity index (χ4n) is 1.48. The minimum Gasteiger partial charge on any atom is -0.350 e. The predicted molar refractivity (Wildman–Crippen MR) is 74.5 cm³/mol. The van der Waals surface area contributed by atoms with Gasteiger partial charge in [-0.15, -0.1) is 0 Å². The molecule has 18 heavy (non-hydrogen) atoms. The first kappa shape index (κ1) is 15.5. The zero-order chi connectivity index (χ0) is 14.1. The molecule has 0 unspecified atom stereocenters. The zero-order valence-corrected chi connectivity index (χ0v) is 13.3. The lowest BCUT2D eigenvalue weighted by atomic mass is 10.1. The molecule has 4 nitrogen and oxygen atoms in total. The highest BCUT2D eigenvalue weighted by Crippen LogP contribution is 2.27.